The molecule has 0 saturated heterocycles. The number of nitro groups is 2. The van der Waals surface area contributed by atoms with Gasteiger partial charge >= 0.3 is 103 Å². The van der Waals surface area contributed by atoms with Crippen molar-refractivity contribution in [3.63, 3.8) is 0 Å². The van der Waals surface area contributed by atoms with Gasteiger partial charge in [0.1, 0.15) is 34.9 Å². The first kappa shape index (κ1) is 67.4. The molecule has 9 rings (SSSR count). The number of alkyl halides is 1. The predicted octanol–water partition coefficient (Wildman–Crippen LogP) is 2.57. The number of nitrogens with two attached hydrogens (primary N) is 1. The molecule has 0 aliphatic carbocycles. The van der Waals surface area contributed by atoms with Crippen LogP contribution >= 0.6 is 11.6 Å². The molecule has 3 heterocycles. The second-order valence-electron chi connectivity index (χ2n) is 15.6. The quantitative estimate of drug-likeness (QED) is 0.0276. The fraction of sp³-hybridized carbons (Fsp3) is 0.0577. The average molecular weight is 1180 g/mol. The van der Waals surface area contributed by atoms with Crippen LogP contribution in [0.1, 0.15) is 18.1 Å². The monoisotopic (exact) mass is 1180 g/mol. The minimum absolute atomic E-state index is 0. The number of halogens is 7. The summed E-state index contributed by atoms with van der Waals surface area (Å²) in [6.07, 6.45) is 0. The number of carbonyl (C=O) groups is 1. The minimum atomic E-state index is -0.756. The Morgan fingerprint density at radius 2 is 0.912 bits per heavy atom. The van der Waals surface area contributed by atoms with Gasteiger partial charge in [-0.3, -0.25) is 39.4 Å². The molecule has 0 aliphatic rings. The Morgan fingerprint density at radius 1 is 0.550 bits per heavy atom. The molecule has 0 spiro atoms. The van der Waals surface area contributed by atoms with Gasteiger partial charge in [-0.2, -0.15) is 15.3 Å². The van der Waals surface area contributed by atoms with Crippen molar-refractivity contribution in [1.29, 1.82) is 0 Å². The number of nitrogen functional groups attached to an aromatic ring is 1. The van der Waals surface area contributed by atoms with Crippen LogP contribution in [-0.2, 0) is 28.7 Å². The number of hydrogen-bond donors (Lipinski definition) is 2. The summed E-state index contributed by atoms with van der Waals surface area (Å²) in [6.45, 7) is 0.0294. The summed E-state index contributed by atoms with van der Waals surface area (Å²) in [5.74, 6) is -3.97. The summed E-state index contributed by atoms with van der Waals surface area (Å²) in [5.41, 5.74) is 8.81. The second kappa shape index (κ2) is 33.7. The summed E-state index contributed by atoms with van der Waals surface area (Å²) in [7, 11) is 0. The molecule has 9 aromatic rings. The zero-order chi connectivity index (χ0) is 56.9. The number of non-ortho nitro benzene ring substituents is 2. The maximum absolute atomic E-state index is 13.4. The molecule has 0 fully saturated rings. The van der Waals surface area contributed by atoms with Gasteiger partial charge in [-0.15, -0.1) is 11.6 Å². The van der Waals surface area contributed by atoms with E-state index in [-0.39, 0.29) is 169 Å². The maximum Gasteiger partial charge on any atom is 1.00 e. The van der Waals surface area contributed by atoms with E-state index in [1.807, 2.05) is 6.07 Å². The fourth-order valence-electron chi connectivity index (χ4n) is 6.60. The number of rotatable bonds is 11. The first-order valence-electron chi connectivity index (χ1n) is 21.9. The molecule has 0 saturated carbocycles. The molecule has 0 radical (unpaired) electrons. The van der Waals surface area contributed by atoms with E-state index < -0.39 is 50.3 Å². The Morgan fingerprint density at radius 3 is 1.27 bits per heavy atom. The summed E-state index contributed by atoms with van der Waals surface area (Å²) >= 11 is 5.48. The zero-order valence-electron chi connectivity index (χ0n) is 42.7. The summed E-state index contributed by atoms with van der Waals surface area (Å²) in [4.78, 5) is 66.0. The molecule has 3 aromatic heterocycles. The number of carbonyl (C=O) groups excluding carboxylic acids is 1. The van der Waals surface area contributed by atoms with Crippen LogP contribution in [0.3, 0.4) is 0 Å². The van der Waals surface area contributed by atoms with Crippen molar-refractivity contribution in [2.75, 3.05) is 5.73 Å². The molecule has 0 bridgehead atoms. The van der Waals surface area contributed by atoms with Crippen molar-refractivity contribution in [3.8, 4) is 33.8 Å². The van der Waals surface area contributed by atoms with E-state index in [2.05, 4.69) is 25.3 Å². The van der Waals surface area contributed by atoms with E-state index in [1.54, 1.807) is 36.4 Å². The van der Waals surface area contributed by atoms with Crippen LogP contribution in [0.4, 0.5) is 43.4 Å². The van der Waals surface area contributed by atoms with Gasteiger partial charge in [0.25, 0.3) is 34.5 Å². The van der Waals surface area contributed by atoms with Crippen molar-refractivity contribution in [3.05, 3.63) is 267 Å². The van der Waals surface area contributed by atoms with Crippen molar-refractivity contribution in [1.82, 2.24) is 29.8 Å². The van der Waals surface area contributed by atoms with E-state index in [0.717, 1.165) is 58.3 Å². The first-order valence-corrected chi connectivity index (χ1v) is 22.5. The number of aromatic nitrogens is 6. The van der Waals surface area contributed by atoms with Gasteiger partial charge in [0, 0.05) is 88.9 Å². The third-order valence-corrected chi connectivity index (χ3v) is 10.2. The second-order valence-corrected chi connectivity index (χ2v) is 15.9. The fourth-order valence-corrected chi connectivity index (χ4v) is 6.77. The minimum Gasteiger partial charge on any atom is -1.00 e. The van der Waals surface area contributed by atoms with Gasteiger partial charge in [-0.1, -0.05) is 36.4 Å². The van der Waals surface area contributed by atoms with Crippen LogP contribution < -0.4 is 130 Å². The van der Waals surface area contributed by atoms with Gasteiger partial charge in [0.05, 0.1) is 40.0 Å². The third-order valence-electron chi connectivity index (χ3n) is 9.94. The molecule has 0 atom stereocenters. The van der Waals surface area contributed by atoms with E-state index in [9.17, 15) is 61.0 Å². The van der Waals surface area contributed by atoms with Gasteiger partial charge in [-0.05, 0) is 83.4 Å². The van der Waals surface area contributed by atoms with Crippen molar-refractivity contribution < 1.29 is 155 Å². The van der Waals surface area contributed by atoms with Gasteiger partial charge in [0.2, 0.25) is 0 Å². The SMILES string of the molecule is Nc1cccc(Cn2nc(-c3cc(F)cc(F)c3)ccc2=O)c1.O=CO[O-].O=[N+]([O-])c1cccc(CCl)c1.O=c1ccc(-c2cc(F)cc(F)c2)n[nH]1.O=c1ccc(-c2cc(F)cc(F)c2)nn1Cc1cccc([N+](=O)[O-])c1.[H-].[K+].[K+]. The summed E-state index contributed by atoms with van der Waals surface area (Å²) < 4.78 is 81.4. The Kier molecular flexibility index (Phi) is 28.4. The topological polar surface area (TPSA) is 277 Å². The van der Waals surface area contributed by atoms with Crippen LogP contribution in [0.2, 0.25) is 0 Å². The molecule has 402 valence electrons. The van der Waals surface area contributed by atoms with Gasteiger partial charge in [0.15, 0.2) is 0 Å². The van der Waals surface area contributed by atoms with Crippen LogP contribution in [0.5, 0.6) is 0 Å². The molecule has 80 heavy (non-hydrogen) atoms. The van der Waals surface area contributed by atoms with Crippen molar-refractivity contribution in [2.24, 2.45) is 0 Å². The first-order chi connectivity index (χ1) is 37.2. The molecule has 0 amide bonds. The number of hydrogen-bond acceptors (Lipinski definition) is 14. The summed E-state index contributed by atoms with van der Waals surface area (Å²) in [5, 5.41) is 43.6. The van der Waals surface area contributed by atoms with Crippen LogP contribution in [0.15, 0.2) is 178 Å². The Labute approximate surface area is 539 Å². The van der Waals surface area contributed by atoms with Gasteiger partial charge in [-0.25, -0.2) is 40.8 Å². The largest absolute Gasteiger partial charge is 1.00 e. The Hall–Kier alpha value is -6.87. The molecule has 0 unspecified atom stereocenters. The van der Waals surface area contributed by atoms with Crippen molar-refractivity contribution >= 4 is 35.1 Å². The predicted molar refractivity (Wildman–Crippen MR) is 271 cm³/mol. The van der Waals surface area contributed by atoms with E-state index in [1.165, 1.54) is 83.5 Å². The van der Waals surface area contributed by atoms with Crippen molar-refractivity contribution in [2.45, 2.75) is 19.0 Å². The van der Waals surface area contributed by atoms with Crippen LogP contribution in [-0.4, -0.2) is 46.1 Å². The molecular formula is C52H38ClF6K2N9O10. The number of anilines is 1. The molecule has 0 aliphatic heterocycles. The molecule has 6 aromatic carbocycles. The number of nitro benzene ring substituents is 2. The summed E-state index contributed by atoms with van der Waals surface area (Å²) in [6, 6.07) is 36.3. The van der Waals surface area contributed by atoms with Crippen LogP contribution in [0, 0.1) is 55.1 Å². The smallest absolute Gasteiger partial charge is 1.00 e. The Balaban J connectivity index is 0.000000369. The molecule has 3 N–H and O–H groups in total. The number of H-pyrrole nitrogens is 1. The van der Waals surface area contributed by atoms with Crippen LogP contribution in [0.25, 0.3) is 33.8 Å². The standard InChI is InChI=1S/C17H11F2N3O3.C17H13F2N3O.C10H6F2N2O.C7H6ClNO2.CH2O3.2K.H/c18-13-7-12(8-14(19)9-13)16-4-5-17(23)21(20-16)10-11-2-1-3-15(6-11)22(24)25;18-13-7-12(8-14(19)9-13)16-4-5-17(23)22(21-16)10-11-2-1-3-15(20)6-11;11-7-3-6(4-8(12)5-7)9-1-2-10(15)14-13-9;8-5-6-2-1-3-7(4-6)9(10)11;2-1-4-3;;;/h1-9H,10H2;1-9H,10,20H2;1-5H,(H,14,15);1-4H,5H2;1,3H;;;/q;;;;;2*+1;-1/p-1. The Bertz CT molecular complexity index is 3700. The molecule has 28 heteroatoms. The number of aromatic amines is 1. The van der Waals surface area contributed by atoms with E-state index in [4.69, 9.17) is 27.4 Å². The maximum atomic E-state index is 13.4. The number of nitrogens with zero attached hydrogens (tertiary/aromatic N) is 7. The average Bonchev–Trinajstić information content (AvgIpc) is 3.45. The van der Waals surface area contributed by atoms with Gasteiger partial charge < -0.3 is 17.3 Å². The van der Waals surface area contributed by atoms with E-state index >= 15 is 0 Å². The molecule has 19 nitrogen and oxygen atoms in total. The number of nitrogens with one attached hydrogen (secondary N) is 1. The van der Waals surface area contributed by atoms with E-state index in [0.29, 0.717) is 28.5 Å². The third kappa shape index (κ3) is 22.0. The molecular weight excluding hydrogens is 1140 g/mol. The normalized spacial score (nSPS) is 9.90. The number of benzene rings is 6. The zero-order valence-corrected chi connectivity index (χ0v) is 48.7.